The Hall–Kier alpha value is -3.27. The number of rotatable bonds is 2. The van der Waals surface area contributed by atoms with Crippen LogP contribution >= 0.6 is 0 Å². The molecule has 0 spiro atoms. The van der Waals surface area contributed by atoms with Crippen LogP contribution in [0.4, 0.5) is 14.5 Å². The minimum atomic E-state index is -3.59. The zero-order valence-corrected chi connectivity index (χ0v) is 19.0. The average molecular weight is 458 g/mol. The molecule has 0 unspecified atom stereocenters. The second kappa shape index (κ2) is 6.38. The van der Waals surface area contributed by atoms with Crippen LogP contribution < -0.4 is 5.32 Å². The van der Waals surface area contributed by atoms with E-state index in [4.69, 9.17) is 0 Å². The molecule has 10 heteroatoms. The highest BCUT2D eigenvalue weighted by atomic mass is 32.2. The van der Waals surface area contributed by atoms with Gasteiger partial charge in [-0.25, -0.2) is 21.2 Å². The maximum atomic E-state index is 16.1. The summed E-state index contributed by atoms with van der Waals surface area (Å²) in [5, 5.41) is 11.9. The standard InChI is InChI=1S/C22H21F2N5O2S/c1-11-8-14(13-6-7-28(17(13)9-11)32(5,30)31)18-15(23)10-16-20(19(18)24)29-12(2)26-27-21(29)22(3,4)25-16/h6-10,25H,1-5H3. The van der Waals surface area contributed by atoms with Crippen LogP contribution in [0.2, 0.25) is 0 Å². The van der Waals surface area contributed by atoms with E-state index in [1.165, 1.54) is 12.3 Å². The first-order valence-corrected chi connectivity index (χ1v) is 11.8. The van der Waals surface area contributed by atoms with E-state index in [1.807, 2.05) is 13.8 Å². The van der Waals surface area contributed by atoms with Crippen molar-refractivity contribution in [3.05, 3.63) is 59.3 Å². The van der Waals surface area contributed by atoms with Gasteiger partial charge in [0.1, 0.15) is 17.3 Å². The summed E-state index contributed by atoms with van der Waals surface area (Å²) in [7, 11) is -3.59. The third-order valence-electron chi connectivity index (χ3n) is 5.79. The van der Waals surface area contributed by atoms with Crippen molar-refractivity contribution in [2.24, 2.45) is 0 Å². The van der Waals surface area contributed by atoms with E-state index in [0.717, 1.165) is 10.2 Å². The van der Waals surface area contributed by atoms with Crippen LogP contribution in [0.5, 0.6) is 0 Å². The highest BCUT2D eigenvalue weighted by Gasteiger charge is 2.37. The smallest absolute Gasteiger partial charge is 0.236 e. The Morgan fingerprint density at radius 2 is 1.81 bits per heavy atom. The van der Waals surface area contributed by atoms with E-state index >= 15 is 8.78 Å². The van der Waals surface area contributed by atoms with Crippen LogP contribution in [-0.2, 0) is 15.6 Å². The minimum absolute atomic E-state index is 0.135. The molecule has 0 bridgehead atoms. The Morgan fingerprint density at radius 3 is 2.50 bits per heavy atom. The first-order chi connectivity index (χ1) is 14.9. The molecule has 2 aromatic heterocycles. The van der Waals surface area contributed by atoms with Crippen molar-refractivity contribution in [1.82, 2.24) is 18.7 Å². The summed E-state index contributed by atoms with van der Waals surface area (Å²) in [6, 6.07) is 6.16. The summed E-state index contributed by atoms with van der Waals surface area (Å²) < 4.78 is 58.6. The predicted octanol–water partition coefficient (Wildman–Crippen LogP) is 4.25. The van der Waals surface area contributed by atoms with Gasteiger partial charge in [-0.15, -0.1) is 10.2 Å². The summed E-state index contributed by atoms with van der Waals surface area (Å²) in [5.74, 6) is -0.537. The van der Waals surface area contributed by atoms with Crippen molar-refractivity contribution >= 4 is 26.6 Å². The molecule has 1 N–H and O–H groups in total. The second-order valence-corrected chi connectivity index (χ2v) is 10.6. The topological polar surface area (TPSA) is 81.8 Å². The van der Waals surface area contributed by atoms with Crippen molar-refractivity contribution in [2.75, 3.05) is 11.6 Å². The van der Waals surface area contributed by atoms with E-state index in [1.54, 1.807) is 36.6 Å². The number of nitrogens with one attached hydrogen (secondary N) is 1. The molecule has 7 nitrogen and oxygen atoms in total. The summed E-state index contributed by atoms with van der Waals surface area (Å²) in [6.45, 7) is 7.18. The minimum Gasteiger partial charge on any atom is -0.371 e. The van der Waals surface area contributed by atoms with E-state index in [9.17, 15) is 8.42 Å². The number of fused-ring (bicyclic) bond motifs is 4. The molecular weight excluding hydrogens is 436 g/mol. The van der Waals surface area contributed by atoms with Gasteiger partial charge in [0.15, 0.2) is 11.6 Å². The molecule has 3 heterocycles. The molecule has 5 rings (SSSR count). The first kappa shape index (κ1) is 20.6. The molecule has 0 amide bonds. The van der Waals surface area contributed by atoms with Gasteiger partial charge in [0, 0.05) is 17.6 Å². The summed E-state index contributed by atoms with van der Waals surface area (Å²) in [5.41, 5.74) is 0.823. The Bertz CT molecular complexity index is 1550. The zero-order valence-electron chi connectivity index (χ0n) is 18.2. The molecule has 32 heavy (non-hydrogen) atoms. The van der Waals surface area contributed by atoms with Crippen LogP contribution in [-0.4, -0.2) is 33.4 Å². The molecule has 0 radical (unpaired) electrons. The van der Waals surface area contributed by atoms with Crippen molar-refractivity contribution < 1.29 is 17.2 Å². The van der Waals surface area contributed by atoms with Gasteiger partial charge < -0.3 is 5.32 Å². The fraction of sp³-hybridized carbons (Fsp3) is 0.273. The van der Waals surface area contributed by atoms with E-state index in [0.29, 0.717) is 33.8 Å². The van der Waals surface area contributed by atoms with Gasteiger partial charge in [-0.3, -0.25) is 4.57 Å². The van der Waals surface area contributed by atoms with Gasteiger partial charge in [-0.05, 0) is 51.0 Å². The lowest BCUT2D eigenvalue weighted by molar-refractivity contribution is 0.517. The molecule has 2 aromatic carbocycles. The molecule has 0 saturated heterocycles. The first-order valence-electron chi connectivity index (χ1n) is 9.96. The number of benzene rings is 2. The number of nitrogens with zero attached hydrogens (tertiary/aromatic N) is 4. The van der Waals surface area contributed by atoms with Crippen LogP contribution in [0.15, 0.2) is 30.5 Å². The van der Waals surface area contributed by atoms with Crippen molar-refractivity contribution in [2.45, 2.75) is 33.2 Å². The fourth-order valence-electron chi connectivity index (χ4n) is 4.45. The quantitative estimate of drug-likeness (QED) is 0.487. The van der Waals surface area contributed by atoms with Gasteiger partial charge in [0.05, 0.1) is 28.6 Å². The average Bonchev–Trinajstić information content (AvgIpc) is 3.25. The third kappa shape index (κ3) is 2.78. The van der Waals surface area contributed by atoms with Crippen LogP contribution in [0.25, 0.3) is 27.7 Å². The lowest BCUT2D eigenvalue weighted by atomic mass is 9.94. The zero-order chi connectivity index (χ0) is 23.2. The van der Waals surface area contributed by atoms with Gasteiger partial charge in [0.2, 0.25) is 10.0 Å². The molecule has 0 fully saturated rings. The molecule has 0 atom stereocenters. The molecule has 1 aliphatic rings. The highest BCUT2D eigenvalue weighted by molar-refractivity contribution is 7.89. The maximum Gasteiger partial charge on any atom is 0.236 e. The normalized spacial score (nSPS) is 14.8. The number of hydrogen-bond acceptors (Lipinski definition) is 5. The van der Waals surface area contributed by atoms with Crippen molar-refractivity contribution in [3.63, 3.8) is 0 Å². The monoisotopic (exact) mass is 457 g/mol. The molecule has 4 aromatic rings. The van der Waals surface area contributed by atoms with E-state index in [2.05, 4.69) is 15.5 Å². The number of aryl methyl sites for hydroxylation is 2. The van der Waals surface area contributed by atoms with Crippen LogP contribution in [0.1, 0.15) is 31.1 Å². The molecule has 1 aliphatic heterocycles. The third-order valence-corrected chi connectivity index (χ3v) is 6.82. The van der Waals surface area contributed by atoms with Gasteiger partial charge in [-0.2, -0.15) is 0 Å². The number of aromatic nitrogens is 4. The summed E-state index contributed by atoms with van der Waals surface area (Å²) in [4.78, 5) is 0. The fourth-order valence-corrected chi connectivity index (χ4v) is 5.24. The summed E-state index contributed by atoms with van der Waals surface area (Å²) in [6.07, 6.45) is 2.47. The van der Waals surface area contributed by atoms with Crippen LogP contribution in [0.3, 0.4) is 0 Å². The van der Waals surface area contributed by atoms with Crippen molar-refractivity contribution in [3.8, 4) is 16.8 Å². The second-order valence-electron chi connectivity index (χ2n) is 8.72. The number of hydrogen-bond donors (Lipinski definition) is 1. The SMILES string of the molecule is Cc1cc(-c2c(F)cc3c(c2F)-n2c(C)nnc2C(C)(C)N3)c2ccn(S(C)(=O)=O)c2c1. The van der Waals surface area contributed by atoms with Crippen LogP contribution in [0, 0.1) is 25.5 Å². The Balaban J connectivity index is 1.87. The predicted molar refractivity (Wildman–Crippen MR) is 119 cm³/mol. The maximum absolute atomic E-state index is 16.1. The molecular formula is C22H21F2N5O2S. The number of halogens is 2. The molecule has 166 valence electrons. The lowest BCUT2D eigenvalue weighted by Crippen LogP contribution is -2.36. The van der Waals surface area contributed by atoms with E-state index < -0.39 is 27.2 Å². The summed E-state index contributed by atoms with van der Waals surface area (Å²) >= 11 is 0. The largest absolute Gasteiger partial charge is 0.371 e. The highest BCUT2D eigenvalue weighted by Crippen LogP contribution is 2.43. The molecule has 0 aliphatic carbocycles. The van der Waals surface area contributed by atoms with Gasteiger partial charge in [-0.1, -0.05) is 6.07 Å². The Labute approximate surface area is 183 Å². The lowest BCUT2D eigenvalue weighted by Gasteiger charge is -2.34. The van der Waals surface area contributed by atoms with E-state index in [-0.39, 0.29) is 16.8 Å². The van der Waals surface area contributed by atoms with Gasteiger partial charge >= 0.3 is 0 Å². The Kier molecular flexibility index (Phi) is 4.11. The van der Waals surface area contributed by atoms with Crippen molar-refractivity contribution in [1.29, 1.82) is 0 Å². The molecule has 0 saturated carbocycles. The van der Waals surface area contributed by atoms with Gasteiger partial charge in [0.25, 0.3) is 0 Å². The number of anilines is 1. The Morgan fingerprint density at radius 1 is 1.09 bits per heavy atom.